The van der Waals surface area contributed by atoms with Crippen LogP contribution in [0.4, 0.5) is 15.9 Å². The number of hydrogen-bond acceptors (Lipinski definition) is 5. The second kappa shape index (κ2) is 6.38. The molecule has 0 fully saturated rings. The number of methoxy groups -OCH3 is 1. The summed E-state index contributed by atoms with van der Waals surface area (Å²) in [6.07, 6.45) is 0. The van der Waals surface area contributed by atoms with Crippen LogP contribution in [0.1, 0.15) is 10.5 Å². The molecule has 6 nitrogen and oxygen atoms in total. The molecule has 0 atom stereocenters. The number of carbonyl (C=O) groups is 1. The number of nitrogens with zero attached hydrogens (tertiary/aromatic N) is 1. The fourth-order valence-corrected chi connectivity index (χ4v) is 1.82. The third-order valence-electron chi connectivity index (χ3n) is 2.62. The predicted molar refractivity (Wildman–Crippen MR) is 78.0 cm³/mol. The summed E-state index contributed by atoms with van der Waals surface area (Å²) in [6.45, 7) is 0. The standard InChI is InChI=1S/C13H12ClFN4O2/c1-21-10-6-7(15)2-4-9(10)17-13(20)12-8(14)3-5-11(18-12)19-16/h2-6H,16H2,1H3,(H,17,20)(H,18,19). The van der Waals surface area contributed by atoms with E-state index in [0.29, 0.717) is 5.69 Å². The summed E-state index contributed by atoms with van der Waals surface area (Å²) in [7, 11) is 1.37. The van der Waals surface area contributed by atoms with Crippen LogP contribution in [0, 0.1) is 5.82 Å². The number of amides is 1. The highest BCUT2D eigenvalue weighted by Crippen LogP contribution is 2.26. The third-order valence-corrected chi connectivity index (χ3v) is 2.93. The molecular formula is C13H12ClFN4O2. The quantitative estimate of drug-likeness (QED) is 0.596. The molecule has 2 rings (SSSR count). The minimum Gasteiger partial charge on any atom is -0.494 e. The average molecular weight is 311 g/mol. The van der Waals surface area contributed by atoms with Crippen molar-refractivity contribution in [3.05, 3.63) is 46.9 Å². The van der Waals surface area contributed by atoms with Crippen molar-refractivity contribution in [2.24, 2.45) is 5.84 Å². The number of benzene rings is 1. The van der Waals surface area contributed by atoms with E-state index in [0.717, 1.165) is 6.07 Å². The van der Waals surface area contributed by atoms with E-state index >= 15 is 0 Å². The molecule has 21 heavy (non-hydrogen) atoms. The SMILES string of the molecule is COc1cc(F)ccc1NC(=O)c1nc(NN)ccc1Cl. The minimum absolute atomic E-state index is 0.0153. The molecule has 110 valence electrons. The maximum absolute atomic E-state index is 13.1. The second-order valence-corrected chi connectivity index (χ2v) is 4.38. The van der Waals surface area contributed by atoms with Crippen LogP contribution < -0.4 is 21.3 Å². The first-order valence-electron chi connectivity index (χ1n) is 5.83. The summed E-state index contributed by atoms with van der Waals surface area (Å²) in [4.78, 5) is 16.1. The van der Waals surface area contributed by atoms with Crippen molar-refractivity contribution in [3.63, 3.8) is 0 Å². The molecule has 0 aliphatic rings. The van der Waals surface area contributed by atoms with Gasteiger partial charge in [0.25, 0.3) is 5.91 Å². The van der Waals surface area contributed by atoms with Crippen LogP contribution in [0.25, 0.3) is 0 Å². The lowest BCUT2D eigenvalue weighted by Crippen LogP contribution is -2.17. The molecule has 1 aromatic carbocycles. The Morgan fingerprint density at radius 2 is 2.14 bits per heavy atom. The lowest BCUT2D eigenvalue weighted by Gasteiger charge is -2.11. The van der Waals surface area contributed by atoms with Gasteiger partial charge in [0.05, 0.1) is 17.8 Å². The van der Waals surface area contributed by atoms with Gasteiger partial charge in [-0.3, -0.25) is 4.79 Å². The Hall–Kier alpha value is -2.38. The Morgan fingerprint density at radius 3 is 2.81 bits per heavy atom. The van der Waals surface area contributed by atoms with E-state index in [-0.39, 0.29) is 22.3 Å². The number of aromatic nitrogens is 1. The Balaban J connectivity index is 2.30. The number of nitrogens with two attached hydrogens (primary N) is 1. The Morgan fingerprint density at radius 1 is 1.38 bits per heavy atom. The summed E-state index contributed by atoms with van der Waals surface area (Å²) in [6, 6.07) is 6.75. The number of anilines is 2. The van der Waals surface area contributed by atoms with Gasteiger partial charge in [0, 0.05) is 6.07 Å². The van der Waals surface area contributed by atoms with Gasteiger partial charge in [-0.15, -0.1) is 0 Å². The maximum atomic E-state index is 13.1. The molecule has 2 aromatic rings. The molecule has 0 aliphatic carbocycles. The van der Waals surface area contributed by atoms with E-state index in [9.17, 15) is 9.18 Å². The number of nitrogen functional groups attached to an aromatic ring is 1. The van der Waals surface area contributed by atoms with Crippen LogP contribution in [0.15, 0.2) is 30.3 Å². The number of rotatable bonds is 4. The lowest BCUT2D eigenvalue weighted by molar-refractivity contribution is 0.102. The van der Waals surface area contributed by atoms with Crippen LogP contribution in [-0.2, 0) is 0 Å². The zero-order valence-corrected chi connectivity index (χ0v) is 11.7. The van der Waals surface area contributed by atoms with E-state index in [2.05, 4.69) is 15.7 Å². The van der Waals surface area contributed by atoms with Crippen molar-refractivity contribution in [2.75, 3.05) is 17.9 Å². The summed E-state index contributed by atoms with van der Waals surface area (Å²) in [5.74, 6) is 4.67. The van der Waals surface area contributed by atoms with Crippen LogP contribution in [-0.4, -0.2) is 18.0 Å². The summed E-state index contributed by atoms with van der Waals surface area (Å²) >= 11 is 5.93. The van der Waals surface area contributed by atoms with Crippen LogP contribution in [0.3, 0.4) is 0 Å². The number of pyridine rings is 1. The van der Waals surface area contributed by atoms with E-state index in [1.165, 1.54) is 31.4 Å². The van der Waals surface area contributed by atoms with E-state index in [1.54, 1.807) is 0 Å². The lowest BCUT2D eigenvalue weighted by atomic mass is 10.2. The number of hydrazine groups is 1. The van der Waals surface area contributed by atoms with Crippen LogP contribution in [0.5, 0.6) is 5.75 Å². The van der Waals surface area contributed by atoms with Crippen molar-refractivity contribution in [3.8, 4) is 5.75 Å². The molecule has 1 amide bonds. The van der Waals surface area contributed by atoms with Crippen LogP contribution in [0.2, 0.25) is 5.02 Å². The minimum atomic E-state index is -0.568. The molecule has 0 saturated carbocycles. The van der Waals surface area contributed by atoms with Crippen molar-refractivity contribution in [1.29, 1.82) is 0 Å². The van der Waals surface area contributed by atoms with Gasteiger partial charge >= 0.3 is 0 Å². The summed E-state index contributed by atoms with van der Waals surface area (Å²) in [5, 5.41) is 2.71. The summed E-state index contributed by atoms with van der Waals surface area (Å²) in [5.41, 5.74) is 2.60. The van der Waals surface area contributed by atoms with Gasteiger partial charge in [-0.2, -0.15) is 0 Å². The Labute approximate surface area is 125 Å². The highest BCUT2D eigenvalue weighted by molar-refractivity contribution is 6.34. The van der Waals surface area contributed by atoms with Crippen molar-refractivity contribution in [1.82, 2.24) is 4.98 Å². The molecule has 0 bridgehead atoms. The third kappa shape index (κ3) is 3.39. The van der Waals surface area contributed by atoms with Crippen LogP contribution >= 0.6 is 11.6 Å². The maximum Gasteiger partial charge on any atom is 0.276 e. The molecule has 0 saturated heterocycles. The van der Waals surface area contributed by atoms with Gasteiger partial charge in [0.1, 0.15) is 23.1 Å². The number of hydrogen-bond donors (Lipinski definition) is 3. The molecular weight excluding hydrogens is 299 g/mol. The highest BCUT2D eigenvalue weighted by atomic mass is 35.5. The Bertz CT molecular complexity index is 681. The van der Waals surface area contributed by atoms with Gasteiger partial charge in [0.15, 0.2) is 0 Å². The van der Waals surface area contributed by atoms with Gasteiger partial charge in [-0.05, 0) is 24.3 Å². The Kier molecular flexibility index (Phi) is 4.56. The average Bonchev–Trinajstić information content (AvgIpc) is 2.49. The molecule has 1 aromatic heterocycles. The fourth-order valence-electron chi connectivity index (χ4n) is 1.63. The molecule has 0 radical (unpaired) electrons. The predicted octanol–water partition coefficient (Wildman–Crippen LogP) is 2.42. The molecule has 4 N–H and O–H groups in total. The topological polar surface area (TPSA) is 89.3 Å². The number of halogens is 2. The van der Waals surface area contributed by atoms with E-state index < -0.39 is 11.7 Å². The van der Waals surface area contributed by atoms with Gasteiger partial charge < -0.3 is 15.5 Å². The molecule has 0 unspecified atom stereocenters. The fraction of sp³-hybridized carbons (Fsp3) is 0.0769. The normalized spacial score (nSPS) is 10.1. The van der Waals surface area contributed by atoms with E-state index in [1.807, 2.05) is 0 Å². The largest absolute Gasteiger partial charge is 0.494 e. The zero-order valence-electron chi connectivity index (χ0n) is 11.0. The van der Waals surface area contributed by atoms with Crippen molar-refractivity contribution >= 4 is 29.0 Å². The first-order valence-corrected chi connectivity index (χ1v) is 6.21. The van der Waals surface area contributed by atoms with Gasteiger partial charge in [-0.1, -0.05) is 11.6 Å². The molecule has 0 spiro atoms. The first kappa shape index (κ1) is 15.0. The highest BCUT2D eigenvalue weighted by Gasteiger charge is 2.15. The zero-order chi connectivity index (χ0) is 15.4. The van der Waals surface area contributed by atoms with Crippen molar-refractivity contribution < 1.29 is 13.9 Å². The number of nitrogens with one attached hydrogen (secondary N) is 2. The second-order valence-electron chi connectivity index (χ2n) is 3.97. The number of carbonyl (C=O) groups excluding carboxylic acids is 1. The molecule has 1 heterocycles. The van der Waals surface area contributed by atoms with Gasteiger partial charge in [0.2, 0.25) is 0 Å². The van der Waals surface area contributed by atoms with Crippen molar-refractivity contribution in [2.45, 2.75) is 0 Å². The van der Waals surface area contributed by atoms with E-state index in [4.69, 9.17) is 22.2 Å². The number of ether oxygens (including phenoxy) is 1. The summed E-state index contributed by atoms with van der Waals surface area (Å²) < 4.78 is 18.1. The molecule has 0 aliphatic heterocycles. The van der Waals surface area contributed by atoms with Gasteiger partial charge in [-0.25, -0.2) is 15.2 Å². The first-order chi connectivity index (χ1) is 10.0. The molecule has 8 heteroatoms. The smallest absolute Gasteiger partial charge is 0.276 e. The monoisotopic (exact) mass is 310 g/mol.